The first-order valence-electron chi connectivity index (χ1n) is 8.88. The Balaban J connectivity index is 1.28. The van der Waals surface area contributed by atoms with Gasteiger partial charge in [0.1, 0.15) is 0 Å². The van der Waals surface area contributed by atoms with Crippen LogP contribution < -0.4 is 19.7 Å². The molecule has 27 heavy (non-hydrogen) atoms. The van der Waals surface area contributed by atoms with Gasteiger partial charge in [-0.05, 0) is 29.8 Å². The minimum absolute atomic E-state index is 0.0130. The van der Waals surface area contributed by atoms with Crippen molar-refractivity contribution in [3.05, 3.63) is 48.0 Å². The van der Waals surface area contributed by atoms with E-state index in [4.69, 9.17) is 9.47 Å². The number of rotatable bonds is 5. The molecule has 0 fully saturated rings. The van der Waals surface area contributed by atoms with E-state index in [9.17, 15) is 9.59 Å². The Bertz CT molecular complexity index is 871. The maximum Gasteiger partial charge on any atom is 0.231 e. The van der Waals surface area contributed by atoms with Crippen molar-refractivity contribution in [2.45, 2.75) is 24.3 Å². The maximum atomic E-state index is 12.6. The lowest BCUT2D eigenvalue weighted by atomic mass is 10.2. The largest absolute Gasteiger partial charge is 0.454 e. The highest BCUT2D eigenvalue weighted by atomic mass is 32.2. The monoisotopic (exact) mass is 384 g/mol. The Hall–Kier alpha value is -2.67. The van der Waals surface area contributed by atoms with Gasteiger partial charge in [-0.2, -0.15) is 0 Å². The Morgan fingerprint density at radius 3 is 2.85 bits per heavy atom. The summed E-state index contributed by atoms with van der Waals surface area (Å²) in [6.07, 6.45) is 0.376. The van der Waals surface area contributed by atoms with Gasteiger partial charge in [0.2, 0.25) is 18.6 Å². The normalized spacial score (nSPS) is 14.6. The lowest BCUT2D eigenvalue weighted by Gasteiger charge is -2.29. The van der Waals surface area contributed by atoms with Gasteiger partial charge >= 0.3 is 0 Å². The molecule has 0 aromatic heterocycles. The number of carbonyl (C=O) groups is 2. The van der Waals surface area contributed by atoms with Gasteiger partial charge in [0.15, 0.2) is 11.5 Å². The molecule has 2 aromatic rings. The molecule has 0 saturated heterocycles. The standard InChI is InChI=1S/C20H20N2O4S/c23-19(21-12-14-5-6-16-17(11-14)26-13-25-16)7-8-20(24)22-9-10-27-18-4-2-1-3-15(18)22/h1-6,11H,7-10,12-13H2,(H,21,23). The minimum atomic E-state index is -0.138. The summed E-state index contributed by atoms with van der Waals surface area (Å²) in [5.74, 6) is 2.13. The smallest absolute Gasteiger partial charge is 0.231 e. The van der Waals surface area contributed by atoms with E-state index >= 15 is 0 Å². The highest BCUT2D eigenvalue weighted by molar-refractivity contribution is 7.99. The molecule has 2 aromatic carbocycles. The van der Waals surface area contributed by atoms with E-state index in [-0.39, 0.29) is 31.4 Å². The van der Waals surface area contributed by atoms with E-state index in [1.165, 1.54) is 0 Å². The lowest BCUT2D eigenvalue weighted by Crippen LogP contribution is -2.36. The zero-order valence-corrected chi connectivity index (χ0v) is 15.6. The molecule has 0 aliphatic carbocycles. The van der Waals surface area contributed by atoms with Crippen LogP contribution in [0.1, 0.15) is 18.4 Å². The molecule has 0 radical (unpaired) electrons. The first-order valence-corrected chi connectivity index (χ1v) is 9.87. The molecule has 7 heteroatoms. The number of hydrogen-bond acceptors (Lipinski definition) is 5. The second-order valence-electron chi connectivity index (χ2n) is 6.33. The summed E-state index contributed by atoms with van der Waals surface area (Å²) in [7, 11) is 0. The number of ether oxygens (including phenoxy) is 2. The van der Waals surface area contributed by atoms with Crippen molar-refractivity contribution < 1.29 is 19.1 Å². The second kappa shape index (κ2) is 7.92. The van der Waals surface area contributed by atoms with E-state index < -0.39 is 0 Å². The minimum Gasteiger partial charge on any atom is -0.454 e. The number of fused-ring (bicyclic) bond motifs is 2. The zero-order chi connectivity index (χ0) is 18.6. The van der Waals surface area contributed by atoms with Crippen LogP contribution in [0.15, 0.2) is 47.4 Å². The molecule has 6 nitrogen and oxygen atoms in total. The number of hydrogen-bond donors (Lipinski definition) is 1. The summed E-state index contributed by atoms with van der Waals surface area (Å²) < 4.78 is 10.6. The van der Waals surface area contributed by atoms with Gasteiger partial charge in [-0.3, -0.25) is 9.59 Å². The van der Waals surface area contributed by atoms with Crippen molar-refractivity contribution in [3.63, 3.8) is 0 Å². The SMILES string of the molecule is O=C(CCC(=O)N1CCSc2ccccc21)NCc1ccc2c(c1)OCO2. The number of para-hydroxylation sites is 1. The molecule has 0 bridgehead atoms. The van der Waals surface area contributed by atoms with Crippen LogP contribution in [0.2, 0.25) is 0 Å². The molecule has 0 unspecified atom stereocenters. The van der Waals surface area contributed by atoms with Crippen molar-refractivity contribution >= 4 is 29.3 Å². The van der Waals surface area contributed by atoms with E-state index in [1.54, 1.807) is 16.7 Å². The molecule has 2 heterocycles. The zero-order valence-electron chi connectivity index (χ0n) is 14.8. The van der Waals surface area contributed by atoms with Gasteiger partial charge in [-0.15, -0.1) is 11.8 Å². The third kappa shape index (κ3) is 4.03. The molecular weight excluding hydrogens is 364 g/mol. The van der Waals surface area contributed by atoms with Crippen LogP contribution in [0.5, 0.6) is 11.5 Å². The summed E-state index contributed by atoms with van der Waals surface area (Å²) in [6, 6.07) is 13.5. The van der Waals surface area contributed by atoms with Crippen molar-refractivity contribution in [1.29, 1.82) is 0 Å². The van der Waals surface area contributed by atoms with Crippen LogP contribution in [0.25, 0.3) is 0 Å². The van der Waals surface area contributed by atoms with Gasteiger partial charge in [-0.1, -0.05) is 18.2 Å². The van der Waals surface area contributed by atoms with Crippen molar-refractivity contribution in [2.75, 3.05) is 24.0 Å². The van der Waals surface area contributed by atoms with Gasteiger partial charge in [0, 0.05) is 36.6 Å². The van der Waals surface area contributed by atoms with Crippen molar-refractivity contribution in [1.82, 2.24) is 5.32 Å². The Labute approximate surface area is 161 Å². The third-order valence-electron chi connectivity index (χ3n) is 4.52. The number of carbonyl (C=O) groups excluding carboxylic acids is 2. The molecule has 2 amide bonds. The fourth-order valence-electron chi connectivity index (χ4n) is 3.12. The van der Waals surface area contributed by atoms with Crippen LogP contribution in [0.3, 0.4) is 0 Å². The quantitative estimate of drug-likeness (QED) is 0.858. The average Bonchev–Trinajstić information content (AvgIpc) is 3.18. The van der Waals surface area contributed by atoms with Crippen LogP contribution in [0, 0.1) is 0 Å². The fraction of sp³-hybridized carbons (Fsp3) is 0.300. The first kappa shape index (κ1) is 17.7. The van der Waals surface area contributed by atoms with Crippen molar-refractivity contribution in [3.8, 4) is 11.5 Å². The van der Waals surface area contributed by atoms with Crippen LogP contribution in [-0.2, 0) is 16.1 Å². The predicted molar refractivity (Wildman–Crippen MR) is 103 cm³/mol. The first-order chi connectivity index (χ1) is 13.2. The van der Waals surface area contributed by atoms with Gasteiger partial charge < -0.3 is 19.7 Å². The van der Waals surface area contributed by atoms with E-state index in [2.05, 4.69) is 5.32 Å². The van der Waals surface area contributed by atoms with Crippen LogP contribution in [-0.4, -0.2) is 30.9 Å². The highest BCUT2D eigenvalue weighted by Crippen LogP contribution is 2.35. The number of nitrogens with one attached hydrogen (secondary N) is 1. The number of anilines is 1. The number of amides is 2. The lowest BCUT2D eigenvalue weighted by molar-refractivity contribution is -0.125. The summed E-state index contributed by atoms with van der Waals surface area (Å²) in [6.45, 7) is 1.30. The Morgan fingerprint density at radius 1 is 1.07 bits per heavy atom. The molecule has 2 aliphatic rings. The van der Waals surface area contributed by atoms with Crippen LogP contribution in [0.4, 0.5) is 5.69 Å². The van der Waals surface area contributed by atoms with Gasteiger partial charge in [-0.25, -0.2) is 0 Å². The molecule has 0 saturated carbocycles. The maximum absolute atomic E-state index is 12.6. The molecule has 0 atom stereocenters. The summed E-state index contributed by atoms with van der Waals surface area (Å²) in [4.78, 5) is 27.6. The molecule has 0 spiro atoms. The van der Waals surface area contributed by atoms with Gasteiger partial charge in [0.05, 0.1) is 5.69 Å². The number of nitrogens with zero attached hydrogens (tertiary/aromatic N) is 1. The van der Waals surface area contributed by atoms with E-state index in [1.807, 2.05) is 42.5 Å². The average molecular weight is 384 g/mol. The van der Waals surface area contributed by atoms with E-state index in [0.29, 0.717) is 18.8 Å². The molecule has 1 N–H and O–H groups in total. The third-order valence-corrected chi connectivity index (χ3v) is 5.57. The summed E-state index contributed by atoms with van der Waals surface area (Å²) in [5.41, 5.74) is 1.88. The summed E-state index contributed by atoms with van der Waals surface area (Å²) >= 11 is 1.76. The predicted octanol–water partition coefficient (Wildman–Crippen LogP) is 2.95. The topological polar surface area (TPSA) is 67.9 Å². The van der Waals surface area contributed by atoms with E-state index in [0.717, 1.165) is 27.6 Å². The highest BCUT2D eigenvalue weighted by Gasteiger charge is 2.23. The number of thioether (sulfide) groups is 1. The molecule has 4 rings (SSSR count). The Kier molecular flexibility index (Phi) is 5.20. The van der Waals surface area contributed by atoms with Gasteiger partial charge in [0.25, 0.3) is 0 Å². The molecule has 140 valence electrons. The summed E-state index contributed by atoms with van der Waals surface area (Å²) in [5, 5.41) is 2.86. The second-order valence-corrected chi connectivity index (χ2v) is 7.46. The molecule has 2 aliphatic heterocycles. The Morgan fingerprint density at radius 2 is 1.93 bits per heavy atom. The molecular formula is C20H20N2O4S. The fourth-order valence-corrected chi connectivity index (χ4v) is 4.12. The number of benzene rings is 2. The van der Waals surface area contributed by atoms with Crippen LogP contribution >= 0.6 is 11.8 Å². The van der Waals surface area contributed by atoms with Crippen molar-refractivity contribution in [2.24, 2.45) is 0 Å².